The molecule has 182 valence electrons. The van der Waals surface area contributed by atoms with Gasteiger partial charge in [0.05, 0.1) is 11.8 Å². The molecule has 0 atom stereocenters. The second kappa shape index (κ2) is 10.3. The van der Waals surface area contributed by atoms with Crippen LogP contribution in [0.3, 0.4) is 0 Å². The Hall–Kier alpha value is -4.97. The monoisotopic (exact) mass is 487 g/mol. The quantitative estimate of drug-likeness (QED) is 0.134. The van der Waals surface area contributed by atoms with E-state index in [4.69, 9.17) is 4.74 Å². The summed E-state index contributed by atoms with van der Waals surface area (Å²) in [6.07, 6.45) is 1.51. The number of fused-ring (bicyclic) bond motifs is 1. The molecule has 0 unspecified atom stereocenters. The van der Waals surface area contributed by atoms with Gasteiger partial charge in [0.15, 0.2) is 0 Å². The maximum Gasteiger partial charge on any atom is 0.343 e. The molecular weight excluding hydrogens is 462 g/mol. The standard InChI is InChI=1S/C31H25N3O3/c1-21-12-13-22(2)34(21)26-17-14-24(15-18-26)30(35)33-32-20-28-27-11-7-6-8-23(27)16-19-29(28)37-31(36)25-9-4-3-5-10-25/h3-20H,1-2H3,(H,33,35). The molecular formula is C31H25N3O3. The lowest BCUT2D eigenvalue weighted by atomic mass is 10.0. The van der Waals surface area contributed by atoms with Crippen LogP contribution in [0.15, 0.2) is 108 Å². The predicted molar refractivity (Wildman–Crippen MR) is 146 cm³/mol. The van der Waals surface area contributed by atoms with Crippen molar-refractivity contribution in [1.82, 2.24) is 9.99 Å². The van der Waals surface area contributed by atoms with Crippen LogP contribution in [0.1, 0.15) is 37.7 Å². The fraction of sp³-hybridized carbons (Fsp3) is 0.0645. The number of nitrogens with zero attached hydrogens (tertiary/aromatic N) is 2. The average molecular weight is 488 g/mol. The van der Waals surface area contributed by atoms with Gasteiger partial charge in [-0.2, -0.15) is 5.10 Å². The molecule has 5 aromatic rings. The van der Waals surface area contributed by atoms with Gasteiger partial charge in [-0.1, -0.05) is 48.5 Å². The van der Waals surface area contributed by atoms with Crippen molar-refractivity contribution < 1.29 is 14.3 Å². The van der Waals surface area contributed by atoms with Crippen LogP contribution in [0, 0.1) is 13.8 Å². The highest BCUT2D eigenvalue weighted by molar-refractivity contribution is 6.04. The van der Waals surface area contributed by atoms with Gasteiger partial charge in [0.2, 0.25) is 0 Å². The van der Waals surface area contributed by atoms with E-state index >= 15 is 0 Å². The number of benzene rings is 4. The average Bonchev–Trinajstić information content (AvgIpc) is 3.27. The maximum absolute atomic E-state index is 12.8. The molecule has 1 heterocycles. The van der Waals surface area contributed by atoms with Crippen molar-refractivity contribution in [2.24, 2.45) is 5.10 Å². The molecule has 6 nitrogen and oxygen atoms in total. The van der Waals surface area contributed by atoms with Crippen molar-refractivity contribution in [3.05, 3.63) is 131 Å². The van der Waals surface area contributed by atoms with E-state index in [1.165, 1.54) is 6.21 Å². The number of amides is 1. The summed E-state index contributed by atoms with van der Waals surface area (Å²) in [7, 11) is 0. The molecule has 0 fully saturated rings. The first-order valence-electron chi connectivity index (χ1n) is 11.9. The number of hydrogen-bond acceptors (Lipinski definition) is 4. The minimum atomic E-state index is -0.470. The van der Waals surface area contributed by atoms with Crippen LogP contribution in [0.2, 0.25) is 0 Å². The number of aromatic nitrogens is 1. The third-order valence-electron chi connectivity index (χ3n) is 6.16. The van der Waals surface area contributed by atoms with E-state index in [1.807, 2.05) is 62.4 Å². The highest BCUT2D eigenvalue weighted by Crippen LogP contribution is 2.27. The zero-order valence-corrected chi connectivity index (χ0v) is 20.5. The number of rotatable bonds is 6. The summed E-state index contributed by atoms with van der Waals surface area (Å²) in [6, 6.07) is 31.6. The molecule has 0 spiro atoms. The Morgan fingerprint density at radius 1 is 0.757 bits per heavy atom. The van der Waals surface area contributed by atoms with Crippen molar-refractivity contribution in [1.29, 1.82) is 0 Å². The summed E-state index contributed by atoms with van der Waals surface area (Å²) < 4.78 is 7.83. The third kappa shape index (κ3) is 5.04. The lowest BCUT2D eigenvalue weighted by Crippen LogP contribution is -2.18. The van der Waals surface area contributed by atoms with Gasteiger partial charge in [0, 0.05) is 28.2 Å². The molecule has 6 heteroatoms. The van der Waals surface area contributed by atoms with E-state index in [0.717, 1.165) is 27.8 Å². The van der Waals surface area contributed by atoms with Gasteiger partial charge >= 0.3 is 5.97 Å². The van der Waals surface area contributed by atoms with E-state index in [2.05, 4.69) is 27.2 Å². The van der Waals surface area contributed by atoms with E-state index in [-0.39, 0.29) is 5.91 Å². The highest BCUT2D eigenvalue weighted by Gasteiger charge is 2.14. The second-order valence-electron chi connectivity index (χ2n) is 8.65. The van der Waals surface area contributed by atoms with Crippen molar-refractivity contribution in [3.8, 4) is 11.4 Å². The summed E-state index contributed by atoms with van der Waals surface area (Å²) in [4.78, 5) is 25.4. The summed E-state index contributed by atoms with van der Waals surface area (Å²) >= 11 is 0. The van der Waals surface area contributed by atoms with E-state index in [1.54, 1.807) is 42.5 Å². The minimum absolute atomic E-state index is 0.341. The Kier molecular flexibility index (Phi) is 6.64. The number of carbonyl (C=O) groups excluding carboxylic acids is 2. The second-order valence-corrected chi connectivity index (χ2v) is 8.65. The Balaban J connectivity index is 1.37. The molecule has 1 aromatic heterocycles. The van der Waals surface area contributed by atoms with E-state index in [0.29, 0.717) is 22.4 Å². The Labute approximate surface area is 214 Å². The summed E-state index contributed by atoms with van der Waals surface area (Å²) in [6.45, 7) is 4.09. The molecule has 4 aromatic carbocycles. The fourth-order valence-corrected chi connectivity index (χ4v) is 4.29. The molecule has 0 bridgehead atoms. The van der Waals surface area contributed by atoms with Gasteiger partial charge in [-0.15, -0.1) is 0 Å². The van der Waals surface area contributed by atoms with Crippen molar-refractivity contribution in [2.45, 2.75) is 13.8 Å². The number of carbonyl (C=O) groups is 2. The third-order valence-corrected chi connectivity index (χ3v) is 6.16. The zero-order chi connectivity index (χ0) is 25.8. The first-order valence-corrected chi connectivity index (χ1v) is 11.9. The normalized spacial score (nSPS) is 11.1. The molecule has 37 heavy (non-hydrogen) atoms. The van der Waals surface area contributed by atoms with Crippen LogP contribution < -0.4 is 10.2 Å². The molecule has 0 saturated carbocycles. The van der Waals surface area contributed by atoms with Crippen LogP contribution in [-0.4, -0.2) is 22.7 Å². The molecule has 0 saturated heterocycles. The number of hydrazone groups is 1. The summed E-state index contributed by atoms with van der Waals surface area (Å²) in [5.74, 6) is -0.456. The lowest BCUT2D eigenvalue weighted by molar-refractivity contribution is 0.0734. The maximum atomic E-state index is 12.8. The molecule has 0 aliphatic heterocycles. The van der Waals surface area contributed by atoms with Gasteiger partial charge in [-0.3, -0.25) is 4.79 Å². The number of hydrogen-bond donors (Lipinski definition) is 1. The van der Waals surface area contributed by atoms with Gasteiger partial charge in [0.25, 0.3) is 5.91 Å². The van der Waals surface area contributed by atoms with Crippen LogP contribution in [0.5, 0.6) is 5.75 Å². The fourth-order valence-electron chi connectivity index (χ4n) is 4.29. The van der Waals surface area contributed by atoms with Crippen LogP contribution in [-0.2, 0) is 0 Å². The largest absolute Gasteiger partial charge is 0.422 e. The van der Waals surface area contributed by atoms with Crippen molar-refractivity contribution in [2.75, 3.05) is 0 Å². The first-order chi connectivity index (χ1) is 18.0. The Morgan fingerprint density at radius 3 is 2.16 bits per heavy atom. The van der Waals surface area contributed by atoms with Gasteiger partial charge in [-0.05, 0) is 79.2 Å². The highest BCUT2D eigenvalue weighted by atomic mass is 16.5. The van der Waals surface area contributed by atoms with Crippen LogP contribution in [0.25, 0.3) is 16.5 Å². The smallest absolute Gasteiger partial charge is 0.343 e. The Bertz CT molecular complexity index is 1600. The molecule has 0 aliphatic rings. The first kappa shape index (κ1) is 23.8. The van der Waals surface area contributed by atoms with Gasteiger partial charge in [0.1, 0.15) is 5.75 Å². The molecule has 0 radical (unpaired) electrons. The van der Waals surface area contributed by atoms with E-state index < -0.39 is 5.97 Å². The lowest BCUT2D eigenvalue weighted by Gasteiger charge is -2.11. The van der Waals surface area contributed by atoms with Crippen molar-refractivity contribution >= 4 is 28.9 Å². The molecule has 5 rings (SSSR count). The topological polar surface area (TPSA) is 72.7 Å². The van der Waals surface area contributed by atoms with Crippen LogP contribution in [0.4, 0.5) is 0 Å². The minimum Gasteiger partial charge on any atom is -0.422 e. The number of nitrogens with one attached hydrogen (secondary N) is 1. The number of esters is 1. The van der Waals surface area contributed by atoms with Crippen LogP contribution >= 0.6 is 0 Å². The predicted octanol–water partition coefficient (Wildman–Crippen LogP) is 6.23. The van der Waals surface area contributed by atoms with Gasteiger partial charge < -0.3 is 9.30 Å². The zero-order valence-electron chi connectivity index (χ0n) is 20.5. The number of aryl methyl sites for hydroxylation is 2. The molecule has 1 amide bonds. The number of ether oxygens (including phenoxy) is 1. The van der Waals surface area contributed by atoms with E-state index in [9.17, 15) is 9.59 Å². The Morgan fingerprint density at radius 2 is 1.43 bits per heavy atom. The SMILES string of the molecule is Cc1ccc(C)n1-c1ccc(C(=O)NN=Cc2c(OC(=O)c3ccccc3)ccc3ccccc23)cc1. The molecule has 0 aliphatic carbocycles. The summed E-state index contributed by atoms with van der Waals surface area (Å²) in [5.41, 5.74) is 7.34. The van der Waals surface area contributed by atoms with Gasteiger partial charge in [-0.25, -0.2) is 10.2 Å². The molecule has 1 N–H and O–H groups in total. The summed E-state index contributed by atoms with van der Waals surface area (Å²) in [5, 5.41) is 6.00. The van der Waals surface area contributed by atoms with Crippen molar-refractivity contribution in [3.63, 3.8) is 0 Å².